The number of ether oxygens (including phenoxy) is 5. The van der Waals surface area contributed by atoms with Gasteiger partial charge in [0.2, 0.25) is 5.91 Å². The quantitative estimate of drug-likeness (QED) is 0.226. The largest absolute Gasteiger partial charge is 0.497 e. The van der Waals surface area contributed by atoms with E-state index in [-0.39, 0.29) is 11.9 Å². The Bertz CT molecular complexity index is 1440. The van der Waals surface area contributed by atoms with Crippen molar-refractivity contribution >= 4 is 22.4 Å². The second-order valence-corrected chi connectivity index (χ2v) is 9.79. The number of para-hydroxylation sites is 1. The van der Waals surface area contributed by atoms with Gasteiger partial charge in [-0.25, -0.2) is 0 Å². The topological polar surface area (TPSA) is 78.5 Å². The third-order valence-electron chi connectivity index (χ3n) is 7.02. The number of benzene rings is 4. The van der Waals surface area contributed by atoms with Gasteiger partial charge in [-0.1, -0.05) is 30.3 Å². The molecular formula is C33H36N2O6. The molecule has 5 rings (SSSR count). The highest BCUT2D eigenvalue weighted by atomic mass is 16.5. The lowest BCUT2D eigenvalue weighted by molar-refractivity contribution is -0.119. The van der Waals surface area contributed by atoms with Crippen LogP contribution in [0.2, 0.25) is 0 Å². The molecule has 4 aromatic rings. The first-order valence-corrected chi connectivity index (χ1v) is 13.8. The van der Waals surface area contributed by atoms with Crippen molar-refractivity contribution < 1.29 is 28.5 Å². The van der Waals surface area contributed by atoms with E-state index in [2.05, 4.69) is 5.32 Å². The number of fused-ring (bicyclic) bond motifs is 1. The molecule has 8 nitrogen and oxygen atoms in total. The van der Waals surface area contributed by atoms with Crippen molar-refractivity contribution in [3.63, 3.8) is 0 Å². The fraction of sp³-hybridized carbons (Fsp3) is 0.303. The Kier molecular flexibility index (Phi) is 9.57. The lowest BCUT2D eigenvalue weighted by Crippen LogP contribution is -2.57. The van der Waals surface area contributed by atoms with Gasteiger partial charge in [-0.3, -0.25) is 4.79 Å². The Hall–Kier alpha value is -4.27. The van der Waals surface area contributed by atoms with Crippen LogP contribution in [-0.4, -0.2) is 59.1 Å². The van der Waals surface area contributed by atoms with E-state index in [1.165, 1.54) is 0 Å². The number of carbonyl (C=O) groups is 1. The summed E-state index contributed by atoms with van der Waals surface area (Å²) in [6.07, 6.45) is 0.758. The average Bonchev–Trinajstić information content (AvgIpc) is 3.02. The van der Waals surface area contributed by atoms with E-state index >= 15 is 0 Å². The zero-order valence-corrected chi connectivity index (χ0v) is 23.5. The summed E-state index contributed by atoms with van der Waals surface area (Å²) in [6, 6.07) is 27.3. The molecule has 8 heteroatoms. The molecule has 0 spiro atoms. The number of hydrogen-bond donors (Lipinski definition) is 1. The molecule has 1 heterocycles. The number of amides is 1. The molecule has 41 heavy (non-hydrogen) atoms. The van der Waals surface area contributed by atoms with Gasteiger partial charge in [-0.2, -0.15) is 0 Å². The van der Waals surface area contributed by atoms with Crippen LogP contribution in [0.4, 0.5) is 5.69 Å². The number of carbonyl (C=O) groups excluding carboxylic acids is 1. The SMILES string of the molecule is COc1ccc2ccc(OC[C@H]3CNCC(=O)N3c3ccc(OCCCOCc4ccccc4OC)cc3)cc2c1. The normalized spacial score (nSPS) is 15.1. The number of anilines is 1. The molecule has 0 aliphatic carbocycles. The predicted octanol–water partition coefficient (Wildman–Crippen LogP) is 5.23. The zero-order valence-electron chi connectivity index (χ0n) is 23.5. The summed E-state index contributed by atoms with van der Waals surface area (Å²) in [5, 5.41) is 5.35. The van der Waals surface area contributed by atoms with Crippen molar-refractivity contribution in [2.24, 2.45) is 0 Å². The molecule has 1 atom stereocenters. The highest BCUT2D eigenvalue weighted by molar-refractivity contribution is 5.96. The smallest absolute Gasteiger partial charge is 0.241 e. The number of piperazine rings is 1. The summed E-state index contributed by atoms with van der Waals surface area (Å²) in [6.45, 7) is 2.91. The fourth-order valence-corrected chi connectivity index (χ4v) is 4.88. The van der Waals surface area contributed by atoms with E-state index < -0.39 is 0 Å². The molecule has 214 valence electrons. The Morgan fingerprint density at radius 2 is 1.56 bits per heavy atom. The van der Waals surface area contributed by atoms with Crippen molar-refractivity contribution in [3.05, 3.63) is 90.5 Å². The van der Waals surface area contributed by atoms with E-state index in [0.717, 1.165) is 51.4 Å². The maximum atomic E-state index is 12.9. The summed E-state index contributed by atoms with van der Waals surface area (Å²) in [5.41, 5.74) is 1.84. The van der Waals surface area contributed by atoms with E-state index in [1.807, 2.05) is 89.8 Å². The van der Waals surface area contributed by atoms with Gasteiger partial charge in [0, 0.05) is 24.2 Å². The van der Waals surface area contributed by atoms with Crippen LogP contribution in [-0.2, 0) is 16.1 Å². The van der Waals surface area contributed by atoms with Gasteiger partial charge in [0.05, 0.1) is 46.6 Å². The minimum Gasteiger partial charge on any atom is -0.497 e. The first-order chi connectivity index (χ1) is 20.1. The van der Waals surface area contributed by atoms with Gasteiger partial charge in [0.1, 0.15) is 29.6 Å². The molecule has 0 aromatic heterocycles. The first kappa shape index (κ1) is 28.3. The maximum Gasteiger partial charge on any atom is 0.241 e. The number of nitrogens with one attached hydrogen (secondary N) is 1. The number of rotatable bonds is 13. The molecule has 1 saturated heterocycles. The molecule has 0 saturated carbocycles. The summed E-state index contributed by atoms with van der Waals surface area (Å²) in [4.78, 5) is 14.7. The zero-order chi connectivity index (χ0) is 28.4. The molecule has 4 aromatic carbocycles. The highest BCUT2D eigenvalue weighted by Gasteiger charge is 2.29. The van der Waals surface area contributed by atoms with Crippen molar-refractivity contribution in [1.82, 2.24) is 5.32 Å². The summed E-state index contributed by atoms with van der Waals surface area (Å²) in [7, 11) is 3.32. The van der Waals surface area contributed by atoms with Crippen molar-refractivity contribution in [2.75, 3.05) is 52.0 Å². The molecule has 1 N–H and O–H groups in total. The van der Waals surface area contributed by atoms with Gasteiger partial charge < -0.3 is 33.9 Å². The van der Waals surface area contributed by atoms with E-state index in [9.17, 15) is 4.79 Å². The second-order valence-electron chi connectivity index (χ2n) is 9.79. The van der Waals surface area contributed by atoms with E-state index in [1.54, 1.807) is 14.2 Å². The highest BCUT2D eigenvalue weighted by Crippen LogP contribution is 2.27. The molecule has 0 radical (unpaired) electrons. The molecule has 1 aliphatic heterocycles. The first-order valence-electron chi connectivity index (χ1n) is 13.8. The van der Waals surface area contributed by atoms with Crippen molar-refractivity contribution in [3.8, 4) is 23.0 Å². The predicted molar refractivity (Wildman–Crippen MR) is 159 cm³/mol. The van der Waals surface area contributed by atoms with Gasteiger partial charge in [-0.05, 0) is 65.4 Å². The number of nitrogens with zero attached hydrogens (tertiary/aromatic N) is 1. The Morgan fingerprint density at radius 3 is 2.37 bits per heavy atom. The van der Waals surface area contributed by atoms with Crippen LogP contribution in [0.15, 0.2) is 84.9 Å². The van der Waals surface area contributed by atoms with Gasteiger partial charge in [-0.15, -0.1) is 0 Å². The van der Waals surface area contributed by atoms with Crippen molar-refractivity contribution in [2.45, 2.75) is 19.1 Å². The van der Waals surface area contributed by atoms with Crippen molar-refractivity contribution in [1.29, 1.82) is 0 Å². The van der Waals surface area contributed by atoms with E-state index in [0.29, 0.717) is 39.5 Å². The van der Waals surface area contributed by atoms with Crippen LogP contribution in [0, 0.1) is 0 Å². The van der Waals surface area contributed by atoms with Crippen LogP contribution in [0.5, 0.6) is 23.0 Å². The molecule has 0 unspecified atom stereocenters. The summed E-state index contributed by atoms with van der Waals surface area (Å²) >= 11 is 0. The van der Waals surface area contributed by atoms with Crippen LogP contribution < -0.4 is 29.2 Å². The monoisotopic (exact) mass is 556 g/mol. The second kappa shape index (κ2) is 13.9. The average molecular weight is 557 g/mol. The minimum absolute atomic E-state index is 0.00830. The number of methoxy groups -OCH3 is 2. The Labute approximate surface area is 240 Å². The molecule has 1 aliphatic rings. The molecule has 0 bridgehead atoms. The molecule has 1 amide bonds. The Balaban J connectivity index is 1.12. The lowest BCUT2D eigenvalue weighted by atomic mass is 10.1. The third-order valence-corrected chi connectivity index (χ3v) is 7.02. The van der Waals surface area contributed by atoms with Gasteiger partial charge in [0.25, 0.3) is 0 Å². The summed E-state index contributed by atoms with van der Waals surface area (Å²) < 4.78 is 28.6. The fourth-order valence-electron chi connectivity index (χ4n) is 4.88. The summed E-state index contributed by atoms with van der Waals surface area (Å²) in [5.74, 6) is 3.14. The minimum atomic E-state index is -0.149. The third kappa shape index (κ3) is 7.28. The van der Waals surface area contributed by atoms with E-state index in [4.69, 9.17) is 23.7 Å². The molecule has 1 fully saturated rings. The molecular weight excluding hydrogens is 520 g/mol. The number of hydrogen-bond acceptors (Lipinski definition) is 7. The van der Waals surface area contributed by atoms with Gasteiger partial charge >= 0.3 is 0 Å². The van der Waals surface area contributed by atoms with Gasteiger partial charge in [0.15, 0.2) is 0 Å². The lowest BCUT2D eigenvalue weighted by Gasteiger charge is -2.36. The van der Waals surface area contributed by atoms with Crippen LogP contribution >= 0.6 is 0 Å². The maximum absolute atomic E-state index is 12.9. The van der Waals surface area contributed by atoms with Crippen LogP contribution in [0.1, 0.15) is 12.0 Å². The van der Waals surface area contributed by atoms with Crippen LogP contribution in [0.25, 0.3) is 10.8 Å². The Morgan fingerprint density at radius 1 is 0.805 bits per heavy atom. The standard InChI is InChI=1S/C33H36N2O6/c1-37-30-12-8-24-9-13-31(19-26(24)18-30)41-23-28-20-34-21-33(36)35(28)27-10-14-29(15-11-27)40-17-5-16-39-22-25-6-3-4-7-32(25)38-2/h3-4,6-15,18-19,28,34H,5,16-17,20-23H2,1-2H3/t28-/m1/s1. The van der Waals surface area contributed by atoms with Crippen LogP contribution in [0.3, 0.4) is 0 Å².